The lowest BCUT2D eigenvalue weighted by Crippen LogP contribution is -1.96. The van der Waals surface area contributed by atoms with Crippen LogP contribution in [0.25, 0.3) is 122 Å². The van der Waals surface area contributed by atoms with Crippen LogP contribution in [0.2, 0.25) is 0 Å². The SMILES string of the molecule is c1ccc(-c2ccc(-c3cc(-c4ccc(-c5ccc6ccccc6c5-c5ccc(-c6ccc7c(c6)-c6cccc8cccc-7c68)cc5)cc4)nc(-c4ccccc4)n3)cc2)cc1. The average molecular weight is 787 g/mol. The van der Waals surface area contributed by atoms with E-state index in [-0.39, 0.29) is 0 Å². The molecule has 10 aromatic carbocycles. The molecule has 0 atom stereocenters. The Morgan fingerprint density at radius 3 is 1.40 bits per heavy atom. The molecule has 288 valence electrons. The number of fused-ring (bicyclic) bond motifs is 4. The molecule has 1 aliphatic rings. The fraction of sp³-hybridized carbons (Fsp3) is 0. The van der Waals surface area contributed by atoms with Gasteiger partial charge in [0.05, 0.1) is 11.4 Å². The number of nitrogens with zero attached hydrogens (tertiary/aromatic N) is 2. The van der Waals surface area contributed by atoms with Gasteiger partial charge in [-0.05, 0) is 100 Å². The number of aromatic nitrogens is 2. The normalized spacial score (nSPS) is 11.5. The van der Waals surface area contributed by atoms with Gasteiger partial charge < -0.3 is 0 Å². The molecule has 0 saturated heterocycles. The van der Waals surface area contributed by atoms with Crippen molar-refractivity contribution >= 4 is 21.5 Å². The molecule has 0 amide bonds. The summed E-state index contributed by atoms with van der Waals surface area (Å²) in [5.41, 5.74) is 19.7. The van der Waals surface area contributed by atoms with Crippen LogP contribution in [0.1, 0.15) is 0 Å². The van der Waals surface area contributed by atoms with Crippen LogP contribution in [-0.2, 0) is 0 Å². The van der Waals surface area contributed by atoms with Crippen molar-refractivity contribution < 1.29 is 0 Å². The third kappa shape index (κ3) is 6.20. The van der Waals surface area contributed by atoms with E-state index in [4.69, 9.17) is 9.97 Å². The molecule has 62 heavy (non-hydrogen) atoms. The number of benzene rings is 10. The van der Waals surface area contributed by atoms with Gasteiger partial charge in [-0.25, -0.2) is 9.97 Å². The predicted octanol–water partition coefficient (Wildman–Crippen LogP) is 16.1. The van der Waals surface area contributed by atoms with Gasteiger partial charge in [0.25, 0.3) is 0 Å². The average Bonchev–Trinajstić information content (AvgIpc) is 3.68. The second kappa shape index (κ2) is 14.8. The molecule has 0 N–H and O–H groups in total. The van der Waals surface area contributed by atoms with E-state index in [0.717, 1.165) is 33.6 Å². The Labute approximate surface area is 361 Å². The Bertz CT molecular complexity index is 3460. The second-order valence-corrected chi connectivity index (χ2v) is 16.1. The molecule has 1 heterocycles. The zero-order chi connectivity index (χ0) is 41.0. The summed E-state index contributed by atoms with van der Waals surface area (Å²) < 4.78 is 0. The number of rotatable bonds is 7. The predicted molar refractivity (Wildman–Crippen MR) is 260 cm³/mol. The fourth-order valence-corrected chi connectivity index (χ4v) is 9.37. The highest BCUT2D eigenvalue weighted by molar-refractivity contribution is 6.15. The van der Waals surface area contributed by atoms with Crippen LogP contribution in [0.4, 0.5) is 0 Å². The van der Waals surface area contributed by atoms with Crippen molar-refractivity contribution in [3.63, 3.8) is 0 Å². The first-order valence-electron chi connectivity index (χ1n) is 21.2. The zero-order valence-corrected chi connectivity index (χ0v) is 33.8. The maximum atomic E-state index is 5.13. The summed E-state index contributed by atoms with van der Waals surface area (Å²) in [5, 5.41) is 5.11. The van der Waals surface area contributed by atoms with Crippen molar-refractivity contribution in [1.29, 1.82) is 0 Å². The van der Waals surface area contributed by atoms with E-state index in [0.29, 0.717) is 5.82 Å². The molecule has 0 spiro atoms. The molecule has 2 nitrogen and oxygen atoms in total. The Hall–Kier alpha value is -8.20. The smallest absolute Gasteiger partial charge is 0.160 e. The molecule has 0 aliphatic heterocycles. The monoisotopic (exact) mass is 786 g/mol. The third-order valence-corrected chi connectivity index (χ3v) is 12.5. The Balaban J connectivity index is 0.902. The van der Waals surface area contributed by atoms with Gasteiger partial charge >= 0.3 is 0 Å². The van der Waals surface area contributed by atoms with Gasteiger partial charge in [-0.1, -0.05) is 218 Å². The Morgan fingerprint density at radius 2 is 0.726 bits per heavy atom. The van der Waals surface area contributed by atoms with Crippen LogP contribution in [0.5, 0.6) is 0 Å². The maximum absolute atomic E-state index is 5.13. The van der Waals surface area contributed by atoms with Crippen LogP contribution in [0, 0.1) is 0 Å². The molecule has 2 heteroatoms. The highest BCUT2D eigenvalue weighted by atomic mass is 14.9. The van der Waals surface area contributed by atoms with Gasteiger partial charge in [0, 0.05) is 16.7 Å². The second-order valence-electron chi connectivity index (χ2n) is 16.1. The first kappa shape index (κ1) is 35.7. The summed E-state index contributed by atoms with van der Waals surface area (Å²) in [6.45, 7) is 0. The standard InChI is InChI=1S/C60H38N2/c1-3-11-39(12-4-1)40-21-27-44(28-22-40)56-38-57(62-60(61-56)48-14-5-2-6-15-48)45-29-25-43(26-30-45)51-35-33-42-13-7-8-18-50(42)58(51)47-31-23-41(24-32-47)49-34-36-52-53-19-9-16-46-17-10-20-54(59(46)53)55(52)37-49/h1-38H. The maximum Gasteiger partial charge on any atom is 0.160 e. The fourth-order valence-electron chi connectivity index (χ4n) is 9.37. The van der Waals surface area contributed by atoms with E-state index in [1.54, 1.807) is 0 Å². The molecule has 11 aromatic rings. The number of hydrogen-bond acceptors (Lipinski definition) is 2. The molecule has 0 fully saturated rings. The molecule has 1 aliphatic carbocycles. The zero-order valence-electron chi connectivity index (χ0n) is 33.8. The summed E-state index contributed by atoms with van der Waals surface area (Å²) in [6.07, 6.45) is 0. The van der Waals surface area contributed by atoms with Gasteiger partial charge in [0.1, 0.15) is 0 Å². The van der Waals surface area contributed by atoms with Crippen LogP contribution < -0.4 is 0 Å². The minimum atomic E-state index is 0.705. The summed E-state index contributed by atoms with van der Waals surface area (Å²) in [7, 11) is 0. The highest BCUT2D eigenvalue weighted by Gasteiger charge is 2.22. The summed E-state index contributed by atoms with van der Waals surface area (Å²) in [6, 6.07) is 82.9. The third-order valence-electron chi connectivity index (χ3n) is 12.5. The van der Waals surface area contributed by atoms with E-state index in [9.17, 15) is 0 Å². The molecule has 1 aromatic heterocycles. The summed E-state index contributed by atoms with van der Waals surface area (Å²) >= 11 is 0. The lowest BCUT2D eigenvalue weighted by molar-refractivity contribution is 1.18. The van der Waals surface area contributed by atoms with Gasteiger partial charge in [-0.2, -0.15) is 0 Å². The Kier molecular flexibility index (Phi) is 8.53. The molecule has 0 radical (unpaired) electrons. The van der Waals surface area contributed by atoms with Gasteiger partial charge in [0.15, 0.2) is 5.82 Å². The van der Waals surface area contributed by atoms with Gasteiger partial charge in [-0.3, -0.25) is 0 Å². The highest BCUT2D eigenvalue weighted by Crippen LogP contribution is 2.48. The van der Waals surface area contributed by atoms with Crippen LogP contribution in [-0.4, -0.2) is 9.97 Å². The van der Waals surface area contributed by atoms with Crippen molar-refractivity contribution in [3.05, 3.63) is 231 Å². The van der Waals surface area contributed by atoms with E-state index >= 15 is 0 Å². The van der Waals surface area contributed by atoms with Gasteiger partial charge in [0.2, 0.25) is 0 Å². The molecule has 0 bridgehead atoms. The minimum Gasteiger partial charge on any atom is -0.228 e. The topological polar surface area (TPSA) is 25.8 Å². The largest absolute Gasteiger partial charge is 0.228 e. The summed E-state index contributed by atoms with van der Waals surface area (Å²) in [4.78, 5) is 10.2. The van der Waals surface area contributed by atoms with Crippen LogP contribution in [0.3, 0.4) is 0 Å². The van der Waals surface area contributed by atoms with E-state index in [2.05, 4.69) is 206 Å². The molecular weight excluding hydrogens is 749 g/mol. The van der Waals surface area contributed by atoms with Crippen LogP contribution in [0.15, 0.2) is 231 Å². The van der Waals surface area contributed by atoms with E-state index < -0.39 is 0 Å². The quantitative estimate of drug-likeness (QED) is 0.161. The Morgan fingerprint density at radius 1 is 0.242 bits per heavy atom. The van der Waals surface area contributed by atoms with Crippen molar-refractivity contribution in [2.24, 2.45) is 0 Å². The minimum absolute atomic E-state index is 0.705. The van der Waals surface area contributed by atoms with E-state index in [1.165, 1.54) is 82.7 Å². The molecule has 0 unspecified atom stereocenters. The van der Waals surface area contributed by atoms with Crippen molar-refractivity contribution in [1.82, 2.24) is 9.97 Å². The van der Waals surface area contributed by atoms with Crippen molar-refractivity contribution in [2.45, 2.75) is 0 Å². The van der Waals surface area contributed by atoms with E-state index in [1.807, 2.05) is 24.3 Å². The molecule has 12 rings (SSSR count). The molecule has 0 saturated carbocycles. The number of hydrogen-bond donors (Lipinski definition) is 0. The summed E-state index contributed by atoms with van der Waals surface area (Å²) in [5.74, 6) is 0.705. The first-order chi connectivity index (χ1) is 30.7. The lowest BCUT2D eigenvalue weighted by Gasteiger charge is -2.16. The van der Waals surface area contributed by atoms with Crippen molar-refractivity contribution in [2.75, 3.05) is 0 Å². The van der Waals surface area contributed by atoms with Gasteiger partial charge in [-0.15, -0.1) is 0 Å². The lowest BCUT2D eigenvalue weighted by atomic mass is 9.88. The molecular formula is C60H38N2. The first-order valence-corrected chi connectivity index (χ1v) is 21.2. The van der Waals surface area contributed by atoms with Crippen molar-refractivity contribution in [3.8, 4) is 101 Å². The van der Waals surface area contributed by atoms with Crippen LogP contribution >= 0.6 is 0 Å².